The molecule has 1 aromatic carbocycles. The lowest BCUT2D eigenvalue weighted by Crippen LogP contribution is -2.37. The van der Waals surface area contributed by atoms with Crippen LogP contribution in [-0.4, -0.2) is 34.4 Å². The van der Waals surface area contributed by atoms with Gasteiger partial charge in [-0.15, -0.1) is 0 Å². The summed E-state index contributed by atoms with van der Waals surface area (Å²) < 4.78 is 0. The number of oxime groups is 1. The number of carbonyl (C=O) groups excluding carboxylic acids is 1. The highest BCUT2D eigenvalue weighted by Crippen LogP contribution is 2.28. The molecular formula is C14H18ClN3O2. The minimum Gasteiger partial charge on any atom is -0.409 e. The number of carbonyl (C=O) groups is 1. The van der Waals surface area contributed by atoms with Crippen LogP contribution < -0.4 is 5.73 Å². The van der Waals surface area contributed by atoms with E-state index in [2.05, 4.69) is 5.16 Å². The number of hydrogen-bond acceptors (Lipinski definition) is 3. The Bertz CT molecular complexity index is 515. The Morgan fingerprint density at radius 3 is 2.75 bits per heavy atom. The second kappa shape index (κ2) is 6.61. The number of rotatable bonds is 6. The van der Waals surface area contributed by atoms with Crippen LogP contribution in [0.2, 0.25) is 5.02 Å². The molecule has 20 heavy (non-hydrogen) atoms. The average Bonchev–Trinajstić information content (AvgIpc) is 3.26. The second-order valence-electron chi connectivity index (χ2n) is 4.93. The Morgan fingerprint density at radius 2 is 2.15 bits per heavy atom. The third-order valence-electron chi connectivity index (χ3n) is 3.34. The standard InChI is InChI=1S/C14H18ClN3O2/c15-12-4-2-1-3-10(12)9-14(19)18(11-5-6-11)8-7-13(16)17-20/h1-4,11,20H,5-9H2,(H2,16,17). The van der Waals surface area contributed by atoms with Crippen LogP contribution in [0.5, 0.6) is 0 Å². The summed E-state index contributed by atoms with van der Waals surface area (Å²) in [4.78, 5) is 14.2. The van der Waals surface area contributed by atoms with Gasteiger partial charge < -0.3 is 15.8 Å². The van der Waals surface area contributed by atoms with Gasteiger partial charge in [-0.25, -0.2) is 0 Å². The molecule has 1 aromatic rings. The first-order chi connectivity index (χ1) is 9.61. The third-order valence-corrected chi connectivity index (χ3v) is 3.71. The van der Waals surface area contributed by atoms with Gasteiger partial charge in [0, 0.05) is 24.0 Å². The molecule has 0 heterocycles. The normalized spacial score (nSPS) is 15.2. The summed E-state index contributed by atoms with van der Waals surface area (Å²) >= 11 is 6.08. The van der Waals surface area contributed by atoms with E-state index in [0.717, 1.165) is 18.4 Å². The van der Waals surface area contributed by atoms with E-state index < -0.39 is 0 Å². The van der Waals surface area contributed by atoms with Crippen molar-refractivity contribution >= 4 is 23.3 Å². The van der Waals surface area contributed by atoms with Crippen molar-refractivity contribution in [3.63, 3.8) is 0 Å². The van der Waals surface area contributed by atoms with Crippen molar-refractivity contribution in [1.29, 1.82) is 0 Å². The predicted octanol–water partition coefficient (Wildman–Crippen LogP) is 2.01. The van der Waals surface area contributed by atoms with Crippen LogP contribution in [0, 0.1) is 0 Å². The number of benzene rings is 1. The average molecular weight is 296 g/mol. The molecule has 0 aromatic heterocycles. The van der Waals surface area contributed by atoms with Crippen LogP contribution in [0.4, 0.5) is 0 Å². The Kier molecular flexibility index (Phi) is 4.84. The van der Waals surface area contributed by atoms with Crippen LogP contribution in [0.1, 0.15) is 24.8 Å². The van der Waals surface area contributed by atoms with Crippen molar-refractivity contribution in [3.05, 3.63) is 34.9 Å². The van der Waals surface area contributed by atoms with Gasteiger partial charge >= 0.3 is 0 Å². The van der Waals surface area contributed by atoms with Crippen LogP contribution in [-0.2, 0) is 11.2 Å². The molecule has 1 aliphatic rings. The number of nitrogens with two attached hydrogens (primary N) is 1. The highest BCUT2D eigenvalue weighted by molar-refractivity contribution is 6.31. The van der Waals surface area contributed by atoms with Gasteiger partial charge in [-0.1, -0.05) is 35.0 Å². The summed E-state index contributed by atoms with van der Waals surface area (Å²) in [6.07, 6.45) is 2.70. The fourth-order valence-corrected chi connectivity index (χ4v) is 2.29. The first-order valence-corrected chi connectivity index (χ1v) is 6.99. The topological polar surface area (TPSA) is 78.9 Å². The van der Waals surface area contributed by atoms with Crippen molar-refractivity contribution in [2.75, 3.05) is 6.54 Å². The Hall–Kier alpha value is -1.75. The maximum Gasteiger partial charge on any atom is 0.227 e. The zero-order chi connectivity index (χ0) is 14.5. The third kappa shape index (κ3) is 3.87. The molecule has 1 saturated carbocycles. The highest BCUT2D eigenvalue weighted by atomic mass is 35.5. The van der Waals surface area contributed by atoms with Crippen molar-refractivity contribution in [3.8, 4) is 0 Å². The highest BCUT2D eigenvalue weighted by Gasteiger charge is 2.32. The van der Waals surface area contributed by atoms with Gasteiger partial charge in [-0.2, -0.15) is 0 Å². The molecule has 5 nitrogen and oxygen atoms in total. The molecule has 0 spiro atoms. The van der Waals surface area contributed by atoms with Gasteiger partial charge in [-0.05, 0) is 24.5 Å². The van der Waals surface area contributed by atoms with Gasteiger partial charge in [0.1, 0.15) is 5.84 Å². The molecule has 0 unspecified atom stereocenters. The first-order valence-electron chi connectivity index (χ1n) is 6.61. The SMILES string of the molecule is NC(CCN(C(=O)Cc1ccccc1Cl)C1CC1)=NO. The second-order valence-corrected chi connectivity index (χ2v) is 5.34. The summed E-state index contributed by atoms with van der Waals surface area (Å²) in [5.74, 6) is 0.174. The van der Waals surface area contributed by atoms with Gasteiger partial charge in [0.25, 0.3) is 0 Å². The molecule has 0 aliphatic heterocycles. The molecule has 1 amide bonds. The maximum atomic E-state index is 12.4. The minimum atomic E-state index is 0.0336. The molecule has 3 N–H and O–H groups in total. The van der Waals surface area contributed by atoms with Crippen LogP contribution in [0.25, 0.3) is 0 Å². The number of hydrogen-bond donors (Lipinski definition) is 2. The lowest BCUT2D eigenvalue weighted by molar-refractivity contribution is -0.130. The van der Waals surface area contributed by atoms with Crippen molar-refractivity contribution < 1.29 is 10.0 Å². The zero-order valence-corrected chi connectivity index (χ0v) is 11.9. The van der Waals surface area contributed by atoms with Gasteiger partial charge in [-0.3, -0.25) is 4.79 Å². The van der Waals surface area contributed by atoms with E-state index in [9.17, 15) is 4.79 Å². The molecule has 6 heteroatoms. The molecule has 0 bridgehead atoms. The van der Waals surface area contributed by atoms with E-state index in [0.29, 0.717) is 18.0 Å². The molecule has 0 radical (unpaired) electrons. The largest absolute Gasteiger partial charge is 0.409 e. The minimum absolute atomic E-state index is 0.0336. The van der Waals surface area contributed by atoms with Crippen molar-refractivity contribution in [2.45, 2.75) is 31.7 Å². The Labute approximate surface area is 123 Å². The van der Waals surface area contributed by atoms with Crippen LogP contribution in [0.3, 0.4) is 0 Å². The van der Waals surface area contributed by atoms with Crippen LogP contribution in [0.15, 0.2) is 29.4 Å². The number of nitrogens with zero attached hydrogens (tertiary/aromatic N) is 2. The molecular weight excluding hydrogens is 278 g/mol. The molecule has 108 valence electrons. The fourth-order valence-electron chi connectivity index (χ4n) is 2.09. The molecule has 1 fully saturated rings. The summed E-state index contributed by atoms with van der Waals surface area (Å²) in [6, 6.07) is 7.63. The van der Waals surface area contributed by atoms with Gasteiger partial charge in [0.05, 0.1) is 6.42 Å². The first kappa shape index (κ1) is 14.7. The molecule has 0 saturated heterocycles. The van der Waals surface area contributed by atoms with Gasteiger partial charge in [0.2, 0.25) is 5.91 Å². The van der Waals surface area contributed by atoms with E-state index in [-0.39, 0.29) is 24.2 Å². The predicted molar refractivity (Wildman–Crippen MR) is 77.9 cm³/mol. The molecule has 1 aliphatic carbocycles. The molecule has 2 rings (SSSR count). The zero-order valence-electron chi connectivity index (χ0n) is 11.1. The summed E-state index contributed by atoms with van der Waals surface area (Å²) in [5.41, 5.74) is 6.29. The van der Waals surface area contributed by atoms with E-state index >= 15 is 0 Å². The fraction of sp³-hybridized carbons (Fsp3) is 0.429. The number of halogens is 1. The maximum absolute atomic E-state index is 12.4. The smallest absolute Gasteiger partial charge is 0.227 e. The van der Waals surface area contributed by atoms with E-state index in [1.807, 2.05) is 18.2 Å². The Morgan fingerprint density at radius 1 is 1.45 bits per heavy atom. The Balaban J connectivity index is 1.99. The quantitative estimate of drug-likeness (QED) is 0.365. The molecule has 0 atom stereocenters. The van der Waals surface area contributed by atoms with Crippen molar-refractivity contribution in [2.24, 2.45) is 10.9 Å². The lowest BCUT2D eigenvalue weighted by atomic mass is 10.1. The summed E-state index contributed by atoms with van der Waals surface area (Å²) in [7, 11) is 0. The van der Waals surface area contributed by atoms with E-state index in [1.165, 1.54) is 0 Å². The lowest BCUT2D eigenvalue weighted by Gasteiger charge is -2.22. The number of amidine groups is 1. The van der Waals surface area contributed by atoms with E-state index in [1.54, 1.807) is 11.0 Å². The monoisotopic (exact) mass is 295 g/mol. The number of amides is 1. The summed E-state index contributed by atoms with van der Waals surface area (Å²) in [6.45, 7) is 0.476. The van der Waals surface area contributed by atoms with Crippen LogP contribution >= 0.6 is 11.6 Å². The van der Waals surface area contributed by atoms with E-state index in [4.69, 9.17) is 22.5 Å². The van der Waals surface area contributed by atoms with Gasteiger partial charge in [0.15, 0.2) is 0 Å². The summed E-state index contributed by atoms with van der Waals surface area (Å²) in [5, 5.41) is 12.1. The van der Waals surface area contributed by atoms with Crippen molar-refractivity contribution in [1.82, 2.24) is 4.90 Å².